The lowest BCUT2D eigenvalue weighted by atomic mass is 10.0. The van der Waals surface area contributed by atoms with Gasteiger partial charge < -0.3 is 20.7 Å². The van der Waals surface area contributed by atoms with Gasteiger partial charge in [-0.2, -0.15) is 13.2 Å². The highest BCUT2D eigenvalue weighted by Gasteiger charge is 2.34. The Bertz CT molecular complexity index is 1240. The zero-order chi connectivity index (χ0) is 26.0. The molecule has 1 aromatic heterocycles. The molecule has 0 aliphatic carbocycles. The number of nitrogens with zero attached hydrogens (tertiary/aromatic N) is 2. The Balaban J connectivity index is 1.46. The number of hydrogen-bond donors (Lipinski definition) is 2. The molecule has 3 aromatic rings. The Morgan fingerprint density at radius 1 is 1.08 bits per heavy atom. The van der Waals surface area contributed by atoms with Gasteiger partial charge in [-0.15, -0.1) is 0 Å². The molecule has 4 rings (SSSR count). The number of hydrogen-bond acceptors (Lipinski definition) is 5. The number of pyridine rings is 1. The molecule has 1 aliphatic heterocycles. The van der Waals surface area contributed by atoms with Crippen LogP contribution in [0.3, 0.4) is 0 Å². The number of alkyl halides is 3. The molecule has 1 amide bonds. The predicted octanol–water partition coefficient (Wildman–Crippen LogP) is 4.89. The summed E-state index contributed by atoms with van der Waals surface area (Å²) in [5.74, 6) is -1.12. The van der Waals surface area contributed by atoms with Crippen molar-refractivity contribution in [2.45, 2.75) is 38.7 Å². The van der Waals surface area contributed by atoms with Gasteiger partial charge in [-0.3, -0.25) is 4.79 Å². The Morgan fingerprint density at radius 3 is 2.36 bits per heavy atom. The van der Waals surface area contributed by atoms with Crippen molar-refractivity contribution in [3.63, 3.8) is 0 Å². The van der Waals surface area contributed by atoms with Crippen molar-refractivity contribution >= 4 is 11.7 Å². The van der Waals surface area contributed by atoms with Crippen LogP contribution < -0.4 is 15.8 Å². The van der Waals surface area contributed by atoms with Crippen molar-refractivity contribution in [3.8, 4) is 16.9 Å². The summed E-state index contributed by atoms with van der Waals surface area (Å²) < 4.78 is 57.8. The quantitative estimate of drug-likeness (QED) is 0.486. The number of amides is 1. The summed E-state index contributed by atoms with van der Waals surface area (Å²) in [5.41, 5.74) is 6.79. The van der Waals surface area contributed by atoms with E-state index in [0.717, 1.165) is 17.7 Å². The highest BCUT2D eigenvalue weighted by Crippen LogP contribution is 2.32. The van der Waals surface area contributed by atoms with E-state index in [0.29, 0.717) is 30.3 Å². The normalized spacial score (nSPS) is 18.2. The van der Waals surface area contributed by atoms with Crippen LogP contribution in [0, 0.1) is 5.82 Å². The first-order valence-electron chi connectivity index (χ1n) is 11.4. The topological polar surface area (TPSA) is 80.5 Å². The number of nitrogens with two attached hydrogens (primary N) is 1. The van der Waals surface area contributed by atoms with Crippen LogP contribution in [0.1, 0.15) is 35.3 Å². The van der Waals surface area contributed by atoms with Gasteiger partial charge in [-0.1, -0.05) is 18.2 Å². The average Bonchev–Trinajstić information content (AvgIpc) is 2.82. The molecule has 2 atom stereocenters. The number of piperazine rings is 1. The summed E-state index contributed by atoms with van der Waals surface area (Å²) in [6.45, 7) is 5.16. The van der Waals surface area contributed by atoms with E-state index in [1.807, 2.05) is 18.7 Å². The second-order valence-electron chi connectivity index (χ2n) is 8.96. The fourth-order valence-corrected chi connectivity index (χ4v) is 4.25. The number of carbonyl (C=O) groups excluding carboxylic acids is 1. The number of nitrogens with one attached hydrogen (secondary N) is 1. The van der Waals surface area contributed by atoms with E-state index in [1.165, 1.54) is 0 Å². The molecule has 0 saturated carbocycles. The lowest BCUT2D eigenvalue weighted by molar-refractivity contribution is -0.140. The Labute approximate surface area is 206 Å². The minimum atomic E-state index is -4.77. The second-order valence-corrected chi connectivity index (χ2v) is 8.96. The van der Waals surface area contributed by atoms with Gasteiger partial charge in [0.25, 0.3) is 5.91 Å². The summed E-state index contributed by atoms with van der Waals surface area (Å²) >= 11 is 0. The molecule has 2 aromatic carbocycles. The van der Waals surface area contributed by atoms with E-state index >= 15 is 0 Å². The molecule has 2 unspecified atom stereocenters. The molecule has 0 bridgehead atoms. The molecule has 1 aliphatic rings. The maximum Gasteiger partial charge on any atom is 0.419 e. The van der Waals surface area contributed by atoms with Gasteiger partial charge in [0.1, 0.15) is 12.4 Å². The third-order valence-electron chi connectivity index (χ3n) is 5.92. The molecule has 3 N–H and O–H groups in total. The van der Waals surface area contributed by atoms with Crippen molar-refractivity contribution < 1.29 is 27.1 Å². The zero-order valence-corrected chi connectivity index (χ0v) is 19.8. The highest BCUT2D eigenvalue weighted by atomic mass is 19.4. The fourth-order valence-electron chi connectivity index (χ4n) is 4.25. The first-order chi connectivity index (χ1) is 17.0. The van der Waals surface area contributed by atoms with Gasteiger partial charge in [0, 0.05) is 42.5 Å². The van der Waals surface area contributed by atoms with Crippen LogP contribution >= 0.6 is 0 Å². The van der Waals surface area contributed by atoms with Crippen LogP contribution in [0.4, 0.5) is 23.4 Å². The third-order valence-corrected chi connectivity index (χ3v) is 5.92. The lowest BCUT2D eigenvalue weighted by Gasteiger charge is -2.36. The van der Waals surface area contributed by atoms with Crippen LogP contribution in [0.5, 0.6) is 5.75 Å². The van der Waals surface area contributed by atoms with Crippen LogP contribution in [-0.4, -0.2) is 41.0 Å². The monoisotopic (exact) mass is 502 g/mol. The largest absolute Gasteiger partial charge is 0.485 e. The summed E-state index contributed by atoms with van der Waals surface area (Å²) in [6, 6.07) is 11.8. The molecular weight excluding hydrogens is 476 g/mol. The molecule has 2 heterocycles. The van der Waals surface area contributed by atoms with Crippen LogP contribution in [-0.2, 0) is 12.8 Å². The summed E-state index contributed by atoms with van der Waals surface area (Å²) in [7, 11) is 0. The number of benzene rings is 2. The number of nitrogen functional groups attached to an aromatic ring is 1. The van der Waals surface area contributed by atoms with Crippen molar-refractivity contribution in [2.75, 3.05) is 18.8 Å². The molecule has 36 heavy (non-hydrogen) atoms. The number of ether oxygens (including phenoxy) is 1. The van der Waals surface area contributed by atoms with Crippen LogP contribution in [0.25, 0.3) is 11.1 Å². The SMILES string of the molecule is CC1CN(C(=O)c2ccc(-c3cnc(N)c(OCc4ccc(C(F)(F)F)c(F)c4)c3)cc2)CC(C)N1. The van der Waals surface area contributed by atoms with E-state index in [4.69, 9.17) is 10.5 Å². The first kappa shape index (κ1) is 25.4. The van der Waals surface area contributed by atoms with E-state index < -0.39 is 17.6 Å². The number of carbonyl (C=O) groups is 1. The first-order valence-corrected chi connectivity index (χ1v) is 11.4. The van der Waals surface area contributed by atoms with Gasteiger partial charge in [0.05, 0.1) is 5.56 Å². The van der Waals surface area contributed by atoms with E-state index in [-0.39, 0.29) is 41.7 Å². The Morgan fingerprint density at radius 2 is 1.75 bits per heavy atom. The number of halogens is 4. The minimum absolute atomic E-state index is 0.0371. The number of aromatic nitrogens is 1. The van der Waals surface area contributed by atoms with E-state index in [1.54, 1.807) is 36.5 Å². The molecule has 10 heteroatoms. The van der Waals surface area contributed by atoms with Gasteiger partial charge in [-0.25, -0.2) is 9.37 Å². The van der Waals surface area contributed by atoms with Gasteiger partial charge in [-0.05, 0) is 55.3 Å². The van der Waals surface area contributed by atoms with E-state index in [9.17, 15) is 22.4 Å². The Hall–Kier alpha value is -3.66. The zero-order valence-electron chi connectivity index (χ0n) is 19.8. The molecule has 190 valence electrons. The molecular formula is C26H26F4N4O2. The third kappa shape index (κ3) is 5.76. The number of anilines is 1. The van der Waals surface area contributed by atoms with Crippen molar-refractivity contribution in [1.82, 2.24) is 15.2 Å². The smallest absolute Gasteiger partial charge is 0.419 e. The predicted molar refractivity (Wildman–Crippen MR) is 128 cm³/mol. The van der Waals surface area contributed by atoms with Crippen molar-refractivity contribution in [1.29, 1.82) is 0 Å². The van der Waals surface area contributed by atoms with Gasteiger partial charge in [0.2, 0.25) is 0 Å². The Kier molecular flexibility index (Phi) is 7.16. The fraction of sp³-hybridized carbons (Fsp3) is 0.308. The highest BCUT2D eigenvalue weighted by molar-refractivity contribution is 5.95. The molecule has 0 spiro atoms. The van der Waals surface area contributed by atoms with Gasteiger partial charge in [0.15, 0.2) is 11.6 Å². The lowest BCUT2D eigenvalue weighted by Crippen LogP contribution is -2.55. The van der Waals surface area contributed by atoms with Crippen molar-refractivity contribution in [2.24, 2.45) is 0 Å². The maximum absolute atomic E-state index is 13.8. The van der Waals surface area contributed by atoms with Gasteiger partial charge >= 0.3 is 6.18 Å². The van der Waals surface area contributed by atoms with Crippen LogP contribution in [0.15, 0.2) is 54.7 Å². The van der Waals surface area contributed by atoms with E-state index in [2.05, 4.69) is 10.3 Å². The summed E-state index contributed by atoms with van der Waals surface area (Å²) in [5, 5.41) is 3.40. The average molecular weight is 503 g/mol. The molecule has 1 saturated heterocycles. The minimum Gasteiger partial charge on any atom is -0.485 e. The standard InChI is InChI=1S/C26H26F4N4O2/c1-15-12-34(13-16(2)33-15)25(35)19-6-4-18(5-7-19)20-10-23(24(31)32-11-20)36-14-17-3-8-21(22(27)9-17)26(28,29)30/h3-11,15-16,33H,12-14H2,1-2H3,(H2,31,32). The molecule has 1 fully saturated rings. The summed E-state index contributed by atoms with van der Waals surface area (Å²) in [6.07, 6.45) is -3.22. The maximum atomic E-state index is 13.8. The second kappa shape index (κ2) is 10.1. The van der Waals surface area contributed by atoms with Crippen molar-refractivity contribution in [3.05, 3.63) is 77.2 Å². The number of rotatable bonds is 5. The molecule has 6 nitrogen and oxygen atoms in total. The summed E-state index contributed by atoms with van der Waals surface area (Å²) in [4.78, 5) is 18.9. The van der Waals surface area contributed by atoms with Crippen LogP contribution in [0.2, 0.25) is 0 Å². The molecule has 0 radical (unpaired) electrons.